The topological polar surface area (TPSA) is 29.3 Å². The number of thiophene rings is 1. The van der Waals surface area contributed by atoms with Crippen molar-refractivity contribution in [1.29, 1.82) is 0 Å². The molecule has 42 heavy (non-hydrogen) atoms. The Kier molecular flexibility index (Phi) is 5.24. The van der Waals surface area contributed by atoms with Crippen LogP contribution in [0.25, 0.3) is 62.9 Å². The van der Waals surface area contributed by atoms with Crippen LogP contribution in [-0.4, -0.2) is 4.98 Å². The van der Waals surface area contributed by atoms with Crippen LogP contribution in [0, 0.1) is 0 Å². The molecule has 0 atom stereocenters. The average molecular weight is 575 g/mol. The Morgan fingerprint density at radius 2 is 1.26 bits per heavy atom. The quantitative estimate of drug-likeness (QED) is 0.209. The normalized spacial score (nSPS) is 11.8. The summed E-state index contributed by atoms with van der Waals surface area (Å²) >= 11 is 3.62. The third-order valence-electron chi connectivity index (χ3n) is 7.90. The van der Waals surface area contributed by atoms with Crippen LogP contribution in [-0.2, 0) is 0 Å². The molecule has 0 N–H and O–H groups in total. The van der Waals surface area contributed by atoms with Crippen molar-refractivity contribution >= 4 is 92.1 Å². The zero-order chi connectivity index (χ0) is 27.6. The van der Waals surface area contributed by atoms with Crippen LogP contribution in [0.3, 0.4) is 0 Å². The number of para-hydroxylation sites is 3. The number of nitrogens with zero attached hydrogens (tertiary/aromatic N) is 2. The molecule has 198 valence electrons. The molecule has 0 bridgehead atoms. The lowest BCUT2D eigenvalue weighted by atomic mass is 10.1. The Morgan fingerprint density at radius 1 is 0.548 bits per heavy atom. The molecule has 0 radical (unpaired) electrons. The molecule has 9 aromatic rings. The van der Waals surface area contributed by atoms with Crippen molar-refractivity contribution < 1.29 is 4.42 Å². The monoisotopic (exact) mass is 574 g/mol. The number of aromatic nitrogens is 1. The van der Waals surface area contributed by atoms with Crippen LogP contribution in [0.2, 0.25) is 0 Å². The average Bonchev–Trinajstić information content (AvgIpc) is 3.76. The Bertz CT molecular complexity index is 2420. The van der Waals surface area contributed by atoms with Gasteiger partial charge in [0.1, 0.15) is 10.6 Å². The largest absolute Gasteiger partial charge is 0.454 e. The molecular weight excluding hydrogens is 553 g/mol. The summed E-state index contributed by atoms with van der Waals surface area (Å²) in [5, 5.41) is 5.83. The SMILES string of the molecule is c1ccc(-c2nc3ccc4sc5c(N(c6ccccc6)c6cccc7c6oc6ccccc67)cccc5c4c3s2)cc1. The van der Waals surface area contributed by atoms with Gasteiger partial charge in [-0.15, -0.1) is 22.7 Å². The summed E-state index contributed by atoms with van der Waals surface area (Å²) in [5.74, 6) is 0. The molecule has 6 aromatic carbocycles. The van der Waals surface area contributed by atoms with Gasteiger partial charge in [0.25, 0.3) is 0 Å². The third-order valence-corrected chi connectivity index (χ3v) is 10.2. The van der Waals surface area contributed by atoms with Gasteiger partial charge in [0.05, 0.1) is 26.3 Å². The second-order valence-corrected chi connectivity index (χ2v) is 12.4. The highest BCUT2D eigenvalue weighted by Crippen LogP contribution is 2.49. The molecule has 0 spiro atoms. The summed E-state index contributed by atoms with van der Waals surface area (Å²) in [6, 6.07) is 46.8. The van der Waals surface area contributed by atoms with E-state index in [4.69, 9.17) is 9.40 Å². The number of hydrogen-bond acceptors (Lipinski definition) is 5. The molecular formula is C37H22N2OS2. The summed E-state index contributed by atoms with van der Waals surface area (Å²) in [7, 11) is 0. The van der Waals surface area contributed by atoms with Gasteiger partial charge < -0.3 is 9.32 Å². The van der Waals surface area contributed by atoms with Gasteiger partial charge in [-0.2, -0.15) is 0 Å². The first-order chi connectivity index (χ1) is 20.8. The highest BCUT2D eigenvalue weighted by molar-refractivity contribution is 7.28. The first-order valence-corrected chi connectivity index (χ1v) is 15.5. The van der Waals surface area contributed by atoms with Crippen molar-refractivity contribution in [3.8, 4) is 10.6 Å². The van der Waals surface area contributed by atoms with E-state index in [2.05, 4.69) is 120 Å². The molecule has 3 aromatic heterocycles. The maximum absolute atomic E-state index is 6.54. The molecule has 0 fully saturated rings. The number of rotatable bonds is 4. The number of anilines is 3. The minimum atomic E-state index is 0.887. The molecule has 0 aliphatic heterocycles. The van der Waals surface area contributed by atoms with Crippen molar-refractivity contribution in [2.75, 3.05) is 4.90 Å². The van der Waals surface area contributed by atoms with E-state index < -0.39 is 0 Å². The predicted molar refractivity (Wildman–Crippen MR) is 180 cm³/mol. The molecule has 5 heteroatoms. The number of benzene rings is 6. The Morgan fingerprint density at radius 3 is 2.12 bits per heavy atom. The van der Waals surface area contributed by atoms with Gasteiger partial charge in [-0.3, -0.25) is 0 Å². The molecule has 0 saturated heterocycles. The minimum absolute atomic E-state index is 0.887. The van der Waals surface area contributed by atoms with E-state index in [0.29, 0.717) is 0 Å². The third kappa shape index (κ3) is 3.54. The van der Waals surface area contributed by atoms with E-state index in [-0.39, 0.29) is 0 Å². The van der Waals surface area contributed by atoms with E-state index in [9.17, 15) is 0 Å². The van der Waals surface area contributed by atoms with Gasteiger partial charge in [0, 0.05) is 37.5 Å². The molecule has 3 heterocycles. The van der Waals surface area contributed by atoms with E-state index in [1.165, 1.54) is 24.9 Å². The van der Waals surface area contributed by atoms with Gasteiger partial charge in [-0.25, -0.2) is 4.98 Å². The minimum Gasteiger partial charge on any atom is -0.454 e. The predicted octanol–water partition coefficient (Wildman–Crippen LogP) is 11.7. The zero-order valence-corrected chi connectivity index (χ0v) is 24.0. The summed E-state index contributed by atoms with van der Waals surface area (Å²) < 4.78 is 10.3. The zero-order valence-electron chi connectivity index (χ0n) is 22.3. The van der Waals surface area contributed by atoms with E-state index >= 15 is 0 Å². The molecule has 0 aliphatic rings. The van der Waals surface area contributed by atoms with Crippen LogP contribution in [0.1, 0.15) is 0 Å². The molecule has 0 amide bonds. The van der Waals surface area contributed by atoms with Crippen LogP contribution < -0.4 is 4.90 Å². The van der Waals surface area contributed by atoms with Gasteiger partial charge in [0.2, 0.25) is 0 Å². The Balaban J connectivity index is 1.33. The fourth-order valence-corrected chi connectivity index (χ4v) is 8.44. The van der Waals surface area contributed by atoms with Gasteiger partial charge >= 0.3 is 0 Å². The number of furan rings is 1. The first-order valence-electron chi connectivity index (χ1n) is 13.9. The van der Waals surface area contributed by atoms with Crippen LogP contribution >= 0.6 is 22.7 Å². The summed E-state index contributed by atoms with van der Waals surface area (Å²) in [4.78, 5) is 7.38. The van der Waals surface area contributed by atoms with Crippen molar-refractivity contribution in [2.45, 2.75) is 0 Å². The molecule has 0 unspecified atom stereocenters. The van der Waals surface area contributed by atoms with Crippen LogP contribution in [0.15, 0.2) is 138 Å². The summed E-state index contributed by atoms with van der Waals surface area (Å²) in [6.45, 7) is 0. The van der Waals surface area contributed by atoms with Crippen LogP contribution in [0.5, 0.6) is 0 Å². The lowest BCUT2D eigenvalue weighted by Crippen LogP contribution is -2.10. The molecule has 0 saturated carbocycles. The van der Waals surface area contributed by atoms with Crippen molar-refractivity contribution in [3.05, 3.63) is 133 Å². The van der Waals surface area contributed by atoms with Gasteiger partial charge in [0.15, 0.2) is 5.58 Å². The first kappa shape index (κ1) is 23.7. The number of hydrogen-bond donors (Lipinski definition) is 0. The van der Waals surface area contributed by atoms with Crippen molar-refractivity contribution in [3.63, 3.8) is 0 Å². The summed E-state index contributed by atoms with van der Waals surface area (Å²) in [5.41, 5.74) is 7.23. The smallest absolute Gasteiger partial charge is 0.159 e. The van der Waals surface area contributed by atoms with E-state index in [1.807, 2.05) is 29.5 Å². The maximum atomic E-state index is 6.54. The fourth-order valence-electron chi connectivity index (χ4n) is 6.03. The van der Waals surface area contributed by atoms with E-state index in [0.717, 1.165) is 55.1 Å². The fraction of sp³-hybridized carbons (Fsp3) is 0. The maximum Gasteiger partial charge on any atom is 0.159 e. The van der Waals surface area contributed by atoms with Crippen molar-refractivity contribution in [1.82, 2.24) is 4.98 Å². The van der Waals surface area contributed by atoms with Gasteiger partial charge in [-0.05, 0) is 42.5 Å². The Hall–Kier alpha value is -4.97. The lowest BCUT2D eigenvalue weighted by molar-refractivity contribution is 0.669. The van der Waals surface area contributed by atoms with E-state index in [1.54, 1.807) is 11.3 Å². The lowest BCUT2D eigenvalue weighted by Gasteiger charge is -2.26. The standard InChI is InChI=1S/C37H22N2OS2/c1-3-11-23(12-4-1)37-38-28-21-22-32-33(36(28)42-37)27-17-10-19-30(35(27)41-32)39(24-13-5-2-6-14-24)29-18-9-16-26-25-15-7-8-20-31(25)40-34(26)29/h1-22H. The highest BCUT2D eigenvalue weighted by atomic mass is 32.1. The Labute approximate surface area is 249 Å². The number of thiazole rings is 1. The van der Waals surface area contributed by atoms with Gasteiger partial charge in [-0.1, -0.05) is 91.0 Å². The molecule has 9 rings (SSSR count). The highest BCUT2D eigenvalue weighted by Gasteiger charge is 2.23. The summed E-state index contributed by atoms with van der Waals surface area (Å²) in [6.07, 6.45) is 0. The van der Waals surface area contributed by atoms with Crippen LogP contribution in [0.4, 0.5) is 17.1 Å². The molecule has 3 nitrogen and oxygen atoms in total. The molecule has 0 aliphatic carbocycles. The van der Waals surface area contributed by atoms with Crippen molar-refractivity contribution in [2.24, 2.45) is 0 Å². The number of fused-ring (bicyclic) bond motifs is 8. The second-order valence-electron chi connectivity index (χ2n) is 10.4. The second kappa shape index (κ2) is 9.28.